The van der Waals surface area contributed by atoms with E-state index in [0.29, 0.717) is 18.7 Å². The number of amides is 1. The van der Waals surface area contributed by atoms with E-state index in [1.54, 1.807) is 18.1 Å². The third-order valence-corrected chi connectivity index (χ3v) is 6.02. The van der Waals surface area contributed by atoms with Crippen molar-refractivity contribution in [3.63, 3.8) is 0 Å². The second-order valence-corrected chi connectivity index (χ2v) is 7.81. The van der Waals surface area contributed by atoms with Crippen LogP contribution in [0.1, 0.15) is 26.7 Å². The second-order valence-electron chi connectivity index (χ2n) is 5.77. The smallest absolute Gasteiger partial charge is 0.242 e. The molecule has 6 nitrogen and oxygen atoms in total. The molecule has 1 amide bonds. The Kier molecular flexibility index (Phi) is 5.64. The van der Waals surface area contributed by atoms with Crippen molar-refractivity contribution < 1.29 is 17.9 Å². The predicted molar refractivity (Wildman–Crippen MR) is 90.2 cm³/mol. The highest BCUT2D eigenvalue weighted by Gasteiger charge is 2.36. The first-order valence-corrected chi connectivity index (χ1v) is 9.44. The van der Waals surface area contributed by atoms with Crippen molar-refractivity contribution >= 4 is 21.6 Å². The first-order valence-electron chi connectivity index (χ1n) is 7.83. The molecule has 1 heterocycles. The minimum Gasteiger partial charge on any atom is -0.497 e. The molecule has 1 aromatic carbocycles. The summed E-state index contributed by atoms with van der Waals surface area (Å²) in [6.45, 7) is 4.02. The van der Waals surface area contributed by atoms with Crippen molar-refractivity contribution in [1.29, 1.82) is 0 Å². The Morgan fingerprint density at radius 3 is 2.74 bits per heavy atom. The van der Waals surface area contributed by atoms with Crippen LogP contribution in [0.3, 0.4) is 0 Å². The number of hydrogen-bond donors (Lipinski definition) is 0. The Balaban J connectivity index is 2.17. The van der Waals surface area contributed by atoms with Crippen molar-refractivity contribution in [2.45, 2.75) is 32.7 Å². The molecule has 128 valence electrons. The molecule has 0 N–H and O–H groups in total. The number of piperazine rings is 1. The molecule has 2 rings (SSSR count). The molecular formula is C16H24N2O4S. The molecule has 1 aromatic rings. The Bertz CT molecular complexity index is 660. The van der Waals surface area contributed by atoms with Crippen LogP contribution < -0.4 is 9.64 Å². The van der Waals surface area contributed by atoms with Crippen LogP contribution in [0.2, 0.25) is 0 Å². The molecular weight excluding hydrogens is 316 g/mol. The fourth-order valence-electron chi connectivity index (χ4n) is 2.68. The SMILES string of the molecule is CCCCS(=O)(=O)N1CC(=O)N(c2cccc(OC)c2)C[C@H]1C. The zero-order valence-corrected chi connectivity index (χ0v) is 14.7. The van der Waals surface area contributed by atoms with Crippen molar-refractivity contribution in [2.75, 3.05) is 30.9 Å². The fourth-order valence-corrected chi connectivity index (χ4v) is 4.49. The highest BCUT2D eigenvalue weighted by Crippen LogP contribution is 2.25. The number of carbonyl (C=O) groups is 1. The highest BCUT2D eigenvalue weighted by molar-refractivity contribution is 7.89. The van der Waals surface area contributed by atoms with Gasteiger partial charge in [-0.1, -0.05) is 19.4 Å². The van der Waals surface area contributed by atoms with E-state index < -0.39 is 10.0 Å². The van der Waals surface area contributed by atoms with Gasteiger partial charge in [0.25, 0.3) is 0 Å². The molecule has 7 heteroatoms. The van der Waals surface area contributed by atoms with E-state index in [2.05, 4.69) is 0 Å². The monoisotopic (exact) mass is 340 g/mol. The van der Waals surface area contributed by atoms with E-state index in [0.717, 1.165) is 12.1 Å². The topological polar surface area (TPSA) is 66.9 Å². The van der Waals surface area contributed by atoms with Crippen LogP contribution >= 0.6 is 0 Å². The van der Waals surface area contributed by atoms with Gasteiger partial charge < -0.3 is 9.64 Å². The number of nitrogens with zero attached hydrogens (tertiary/aromatic N) is 2. The Morgan fingerprint density at radius 2 is 2.09 bits per heavy atom. The van der Waals surface area contributed by atoms with Crippen LogP contribution in [0.15, 0.2) is 24.3 Å². The average molecular weight is 340 g/mol. The molecule has 1 saturated heterocycles. The number of unbranched alkanes of at least 4 members (excludes halogenated alkanes) is 1. The lowest BCUT2D eigenvalue weighted by molar-refractivity contribution is -0.120. The lowest BCUT2D eigenvalue weighted by Crippen LogP contribution is -2.57. The van der Waals surface area contributed by atoms with Crippen molar-refractivity contribution in [2.24, 2.45) is 0 Å². The van der Waals surface area contributed by atoms with Crippen LogP contribution in [-0.2, 0) is 14.8 Å². The van der Waals surface area contributed by atoms with Gasteiger partial charge >= 0.3 is 0 Å². The Hall–Kier alpha value is -1.60. The molecule has 1 aliphatic heterocycles. The first-order chi connectivity index (χ1) is 10.9. The van der Waals surface area contributed by atoms with Gasteiger partial charge in [-0.25, -0.2) is 8.42 Å². The maximum Gasteiger partial charge on any atom is 0.242 e. The van der Waals surface area contributed by atoms with Gasteiger partial charge in [0.05, 0.1) is 19.4 Å². The summed E-state index contributed by atoms with van der Waals surface area (Å²) in [7, 11) is -1.81. The average Bonchev–Trinajstić information content (AvgIpc) is 2.54. The molecule has 1 aliphatic rings. The van der Waals surface area contributed by atoms with Gasteiger partial charge in [-0.15, -0.1) is 0 Å². The third-order valence-electron chi connectivity index (χ3n) is 4.01. The summed E-state index contributed by atoms with van der Waals surface area (Å²) in [5, 5.41) is 0. The molecule has 0 saturated carbocycles. The summed E-state index contributed by atoms with van der Waals surface area (Å²) >= 11 is 0. The lowest BCUT2D eigenvalue weighted by atomic mass is 10.2. The number of methoxy groups -OCH3 is 1. The van der Waals surface area contributed by atoms with Crippen LogP contribution in [0.4, 0.5) is 5.69 Å². The quantitative estimate of drug-likeness (QED) is 0.793. The highest BCUT2D eigenvalue weighted by atomic mass is 32.2. The van der Waals surface area contributed by atoms with E-state index in [4.69, 9.17) is 4.74 Å². The predicted octanol–water partition coefficient (Wildman–Crippen LogP) is 1.86. The molecule has 0 spiro atoms. The number of hydrogen-bond acceptors (Lipinski definition) is 4. The van der Waals surface area contributed by atoms with E-state index in [1.165, 1.54) is 4.31 Å². The van der Waals surface area contributed by atoms with E-state index >= 15 is 0 Å². The van der Waals surface area contributed by atoms with Crippen LogP contribution in [0.25, 0.3) is 0 Å². The number of carbonyl (C=O) groups excluding carboxylic acids is 1. The van der Waals surface area contributed by atoms with Crippen LogP contribution in [0, 0.1) is 0 Å². The van der Waals surface area contributed by atoms with Gasteiger partial charge in [-0.3, -0.25) is 4.79 Å². The van der Waals surface area contributed by atoms with Gasteiger partial charge in [0.2, 0.25) is 15.9 Å². The van der Waals surface area contributed by atoms with E-state index in [9.17, 15) is 13.2 Å². The summed E-state index contributed by atoms with van der Waals surface area (Å²) < 4.78 is 31.3. The zero-order valence-electron chi connectivity index (χ0n) is 13.9. The number of benzene rings is 1. The molecule has 1 fully saturated rings. The second kappa shape index (κ2) is 7.31. The summed E-state index contributed by atoms with van der Waals surface area (Å²) in [6.07, 6.45) is 1.42. The minimum atomic E-state index is -3.38. The number of rotatable bonds is 6. The molecule has 0 radical (unpaired) electrons. The summed E-state index contributed by atoms with van der Waals surface area (Å²) in [6, 6.07) is 6.99. The summed E-state index contributed by atoms with van der Waals surface area (Å²) in [5.74, 6) is 0.553. The standard InChI is InChI=1S/C16H24N2O4S/c1-4-5-9-23(20,21)18-12-16(19)17(11-13(18)2)14-7-6-8-15(10-14)22-3/h6-8,10,13H,4-5,9,11-12H2,1-3H3/t13-/m1/s1. The molecule has 23 heavy (non-hydrogen) atoms. The van der Waals surface area contributed by atoms with Crippen molar-refractivity contribution in [1.82, 2.24) is 4.31 Å². The summed E-state index contributed by atoms with van der Waals surface area (Å²) in [5.41, 5.74) is 0.729. The van der Waals surface area contributed by atoms with Gasteiger partial charge in [0, 0.05) is 24.3 Å². The van der Waals surface area contributed by atoms with Gasteiger partial charge in [-0.2, -0.15) is 4.31 Å². The number of anilines is 1. The summed E-state index contributed by atoms with van der Waals surface area (Å²) in [4.78, 5) is 14.1. The molecule has 0 unspecified atom stereocenters. The Morgan fingerprint density at radius 1 is 1.35 bits per heavy atom. The lowest BCUT2D eigenvalue weighted by Gasteiger charge is -2.38. The fraction of sp³-hybridized carbons (Fsp3) is 0.562. The van der Waals surface area contributed by atoms with E-state index in [1.807, 2.05) is 32.0 Å². The molecule has 0 bridgehead atoms. The normalized spacial score (nSPS) is 19.9. The van der Waals surface area contributed by atoms with E-state index in [-0.39, 0.29) is 24.2 Å². The van der Waals surface area contributed by atoms with Gasteiger partial charge in [0.1, 0.15) is 5.75 Å². The van der Waals surface area contributed by atoms with Gasteiger partial charge in [0.15, 0.2) is 0 Å². The van der Waals surface area contributed by atoms with Crippen LogP contribution in [-0.4, -0.2) is 50.6 Å². The van der Waals surface area contributed by atoms with Crippen LogP contribution in [0.5, 0.6) is 5.75 Å². The number of ether oxygens (including phenoxy) is 1. The van der Waals surface area contributed by atoms with Crippen molar-refractivity contribution in [3.05, 3.63) is 24.3 Å². The Labute approximate surface area is 138 Å². The molecule has 0 aromatic heterocycles. The first kappa shape index (κ1) is 17.7. The number of sulfonamides is 1. The maximum absolute atomic E-state index is 12.4. The maximum atomic E-state index is 12.4. The molecule has 0 aliphatic carbocycles. The van der Waals surface area contributed by atoms with Gasteiger partial charge in [-0.05, 0) is 25.5 Å². The van der Waals surface area contributed by atoms with Crippen molar-refractivity contribution in [3.8, 4) is 5.75 Å². The molecule has 1 atom stereocenters. The third kappa shape index (κ3) is 4.03. The zero-order chi connectivity index (χ0) is 17.0. The minimum absolute atomic E-state index is 0.0975. The largest absolute Gasteiger partial charge is 0.497 e.